The molecule has 10 heteroatoms. The zero-order valence-corrected chi connectivity index (χ0v) is 25.7. The predicted molar refractivity (Wildman–Crippen MR) is 176 cm³/mol. The topological polar surface area (TPSA) is 87.5 Å². The van der Waals surface area contributed by atoms with Crippen LogP contribution >= 0.6 is 11.3 Å². The molecule has 0 aliphatic heterocycles. The number of nitrogens with one attached hydrogen (secondary N) is 2. The van der Waals surface area contributed by atoms with Gasteiger partial charge in [0.25, 0.3) is 0 Å². The van der Waals surface area contributed by atoms with Crippen LogP contribution < -0.4 is 20.3 Å². The first-order chi connectivity index (χ1) is 20.2. The molecule has 42 heavy (non-hydrogen) atoms. The van der Waals surface area contributed by atoms with Crippen LogP contribution in [0.4, 0.5) is 23.0 Å². The number of benzene rings is 2. The van der Waals surface area contributed by atoms with Crippen molar-refractivity contribution in [2.75, 3.05) is 56.9 Å². The molecule has 2 N–H and O–H groups in total. The van der Waals surface area contributed by atoms with E-state index in [-0.39, 0.29) is 5.91 Å². The molecule has 0 fully saturated rings. The fourth-order valence-electron chi connectivity index (χ4n) is 4.95. The van der Waals surface area contributed by atoms with Crippen molar-refractivity contribution in [1.82, 2.24) is 19.4 Å². The number of amides is 1. The fraction of sp³-hybridized carbons (Fsp3) is 0.281. The Labute approximate surface area is 250 Å². The number of para-hydroxylation sites is 1. The molecule has 3 heterocycles. The van der Waals surface area contributed by atoms with Gasteiger partial charge in [-0.25, -0.2) is 9.97 Å². The Bertz CT molecular complexity index is 1760. The number of methoxy groups -OCH3 is 1. The van der Waals surface area contributed by atoms with E-state index in [9.17, 15) is 4.79 Å². The highest BCUT2D eigenvalue weighted by Gasteiger charge is 2.20. The van der Waals surface area contributed by atoms with Crippen LogP contribution in [-0.2, 0) is 4.79 Å². The zero-order chi connectivity index (χ0) is 30.0. The second-order valence-corrected chi connectivity index (χ2v) is 11.6. The number of ether oxygens (including phenoxy) is 1. The number of rotatable bonds is 11. The van der Waals surface area contributed by atoms with Crippen molar-refractivity contribution in [3.05, 3.63) is 66.7 Å². The van der Waals surface area contributed by atoms with E-state index in [2.05, 4.69) is 75.9 Å². The molecule has 5 aromatic rings. The molecule has 1 amide bonds. The standard InChI is InChI=1S/C32H37N7O2S/c1-8-29(40)33-24-17-25(28(41-7)18-27(24)38(6)15-14-37(4)5)35-32-34-23-13-16-42-31(23)30(36-32)22-19-39(20(2)3)26-12-10-9-11-21(22)26/h8-13,16-20H,1,14-15H2,2-7H3,(H,33,40)(H,34,35,36). The van der Waals surface area contributed by atoms with Crippen molar-refractivity contribution in [3.63, 3.8) is 0 Å². The average Bonchev–Trinajstić information content (AvgIpc) is 3.61. The average molecular weight is 584 g/mol. The van der Waals surface area contributed by atoms with E-state index in [0.29, 0.717) is 29.1 Å². The highest BCUT2D eigenvalue weighted by molar-refractivity contribution is 7.17. The molecule has 9 nitrogen and oxygen atoms in total. The largest absolute Gasteiger partial charge is 0.494 e. The number of carbonyl (C=O) groups excluding carboxylic acids is 1. The van der Waals surface area contributed by atoms with Gasteiger partial charge in [0.1, 0.15) is 5.75 Å². The molecule has 5 rings (SSSR count). The molecule has 0 saturated carbocycles. The normalized spacial score (nSPS) is 11.4. The van der Waals surface area contributed by atoms with Crippen LogP contribution in [0.15, 0.2) is 66.7 Å². The second-order valence-electron chi connectivity index (χ2n) is 10.7. The van der Waals surface area contributed by atoms with Crippen LogP contribution in [0.1, 0.15) is 19.9 Å². The van der Waals surface area contributed by atoms with E-state index in [1.165, 1.54) is 11.6 Å². The Morgan fingerprint density at radius 1 is 1.12 bits per heavy atom. The molecule has 0 radical (unpaired) electrons. The summed E-state index contributed by atoms with van der Waals surface area (Å²) in [5.74, 6) is 0.740. The minimum atomic E-state index is -0.298. The van der Waals surface area contributed by atoms with Gasteiger partial charge in [-0.05, 0) is 57.6 Å². The molecule has 0 atom stereocenters. The minimum Gasteiger partial charge on any atom is -0.494 e. The van der Waals surface area contributed by atoms with Gasteiger partial charge in [0.2, 0.25) is 11.9 Å². The van der Waals surface area contributed by atoms with Gasteiger partial charge >= 0.3 is 0 Å². The third kappa shape index (κ3) is 5.81. The smallest absolute Gasteiger partial charge is 0.247 e. The van der Waals surface area contributed by atoms with Crippen LogP contribution in [0, 0.1) is 0 Å². The molecular formula is C32H37N7O2S. The minimum absolute atomic E-state index is 0.296. The Morgan fingerprint density at radius 2 is 1.90 bits per heavy atom. The lowest BCUT2D eigenvalue weighted by Crippen LogP contribution is -2.29. The number of likely N-dealkylation sites (N-methyl/N-ethyl adjacent to an activating group) is 2. The van der Waals surface area contributed by atoms with Gasteiger partial charge in [-0.2, -0.15) is 0 Å². The quantitative estimate of drug-likeness (QED) is 0.166. The van der Waals surface area contributed by atoms with Crippen LogP contribution in [0.25, 0.3) is 32.4 Å². The maximum atomic E-state index is 12.4. The maximum absolute atomic E-state index is 12.4. The summed E-state index contributed by atoms with van der Waals surface area (Å²) in [7, 11) is 7.67. The molecule has 0 bridgehead atoms. The number of nitrogens with zero attached hydrogens (tertiary/aromatic N) is 5. The van der Waals surface area contributed by atoms with Crippen molar-refractivity contribution in [2.45, 2.75) is 19.9 Å². The van der Waals surface area contributed by atoms with Gasteiger partial charge in [-0.15, -0.1) is 11.3 Å². The third-order valence-electron chi connectivity index (χ3n) is 7.16. The predicted octanol–water partition coefficient (Wildman–Crippen LogP) is 6.77. The monoisotopic (exact) mass is 583 g/mol. The maximum Gasteiger partial charge on any atom is 0.247 e. The van der Waals surface area contributed by atoms with Crippen LogP contribution in [0.3, 0.4) is 0 Å². The van der Waals surface area contributed by atoms with Crippen LogP contribution in [0.5, 0.6) is 5.75 Å². The molecule has 0 saturated heterocycles. The van der Waals surface area contributed by atoms with Crippen LogP contribution in [0.2, 0.25) is 0 Å². The first-order valence-corrected chi connectivity index (χ1v) is 14.7. The Morgan fingerprint density at radius 3 is 2.62 bits per heavy atom. The highest BCUT2D eigenvalue weighted by Crippen LogP contribution is 2.40. The summed E-state index contributed by atoms with van der Waals surface area (Å²) in [4.78, 5) is 26.5. The zero-order valence-electron chi connectivity index (χ0n) is 24.9. The number of aromatic nitrogens is 3. The van der Waals surface area contributed by atoms with E-state index in [1.807, 2.05) is 44.7 Å². The highest BCUT2D eigenvalue weighted by atomic mass is 32.1. The third-order valence-corrected chi connectivity index (χ3v) is 8.07. The summed E-state index contributed by atoms with van der Waals surface area (Å²) in [5, 5.41) is 9.52. The van der Waals surface area contributed by atoms with Gasteiger partial charge in [0, 0.05) is 54.9 Å². The summed E-state index contributed by atoms with van der Waals surface area (Å²) in [6.07, 6.45) is 3.44. The molecule has 0 aliphatic rings. The summed E-state index contributed by atoms with van der Waals surface area (Å²) < 4.78 is 9.11. The SMILES string of the molecule is C=CC(=O)Nc1cc(Nc2nc(-c3cn(C(C)C)c4ccccc34)c3sccc3n2)c(OC)cc1N(C)CCN(C)C. The first-order valence-electron chi connectivity index (χ1n) is 13.8. The molecule has 218 valence electrons. The molecule has 2 aromatic carbocycles. The van der Waals surface area contributed by atoms with Crippen molar-refractivity contribution in [3.8, 4) is 17.0 Å². The molecule has 3 aromatic heterocycles. The van der Waals surface area contributed by atoms with E-state index in [0.717, 1.165) is 45.6 Å². The lowest BCUT2D eigenvalue weighted by Gasteiger charge is -2.26. The molecule has 0 unspecified atom stereocenters. The second kappa shape index (κ2) is 12.2. The van der Waals surface area contributed by atoms with E-state index < -0.39 is 0 Å². The van der Waals surface area contributed by atoms with Gasteiger partial charge in [-0.1, -0.05) is 24.8 Å². The molecular weight excluding hydrogens is 546 g/mol. The van der Waals surface area contributed by atoms with E-state index >= 15 is 0 Å². The summed E-state index contributed by atoms with van der Waals surface area (Å²) in [6.45, 7) is 9.58. The summed E-state index contributed by atoms with van der Waals surface area (Å²) in [5.41, 5.74) is 6.03. The summed E-state index contributed by atoms with van der Waals surface area (Å²) in [6, 6.07) is 14.5. The van der Waals surface area contributed by atoms with Crippen molar-refractivity contribution in [2.24, 2.45) is 0 Å². The van der Waals surface area contributed by atoms with Gasteiger partial charge < -0.3 is 29.7 Å². The number of thiophene rings is 1. The lowest BCUT2D eigenvalue weighted by atomic mass is 10.1. The number of hydrogen-bond donors (Lipinski definition) is 2. The number of fused-ring (bicyclic) bond motifs is 2. The lowest BCUT2D eigenvalue weighted by molar-refractivity contribution is -0.111. The van der Waals surface area contributed by atoms with Crippen molar-refractivity contribution >= 4 is 61.4 Å². The van der Waals surface area contributed by atoms with Gasteiger partial charge in [-0.3, -0.25) is 4.79 Å². The molecule has 0 spiro atoms. The fourth-order valence-corrected chi connectivity index (χ4v) is 5.78. The Kier molecular flexibility index (Phi) is 8.46. The van der Waals surface area contributed by atoms with Gasteiger partial charge in [0.05, 0.1) is 40.1 Å². The van der Waals surface area contributed by atoms with Gasteiger partial charge in [0.15, 0.2) is 0 Å². The number of hydrogen-bond acceptors (Lipinski definition) is 8. The van der Waals surface area contributed by atoms with E-state index in [1.54, 1.807) is 18.4 Å². The number of anilines is 4. The van der Waals surface area contributed by atoms with E-state index in [4.69, 9.17) is 14.7 Å². The molecule has 0 aliphatic carbocycles. The Balaban J connectivity index is 1.61. The first kappa shape index (κ1) is 29.1. The van der Waals surface area contributed by atoms with Crippen LogP contribution in [-0.4, -0.2) is 66.7 Å². The summed E-state index contributed by atoms with van der Waals surface area (Å²) >= 11 is 1.63. The Hall–Kier alpha value is -4.41. The van der Waals surface area contributed by atoms with Crippen molar-refractivity contribution in [1.29, 1.82) is 0 Å². The van der Waals surface area contributed by atoms with Crippen molar-refractivity contribution < 1.29 is 9.53 Å². The number of carbonyl (C=O) groups is 1.